The molecule has 0 radical (unpaired) electrons. The first-order valence-corrected chi connectivity index (χ1v) is 4.51. The molecule has 68 valence electrons. The lowest BCUT2D eigenvalue weighted by Gasteiger charge is -2.40. The molecule has 2 bridgehead atoms. The van der Waals surface area contributed by atoms with Gasteiger partial charge >= 0.3 is 0 Å². The third kappa shape index (κ3) is 1.02. The van der Waals surface area contributed by atoms with Crippen molar-refractivity contribution in [2.75, 3.05) is 0 Å². The van der Waals surface area contributed by atoms with Crippen LogP contribution in [0.1, 0.15) is 34.1 Å². The van der Waals surface area contributed by atoms with Crippen LogP contribution in [0.2, 0.25) is 0 Å². The van der Waals surface area contributed by atoms with Crippen LogP contribution in [0, 0.1) is 0 Å². The van der Waals surface area contributed by atoms with E-state index in [1.54, 1.807) is 0 Å². The van der Waals surface area contributed by atoms with Crippen LogP contribution in [0.3, 0.4) is 0 Å². The molecule has 2 nitrogen and oxygen atoms in total. The van der Waals surface area contributed by atoms with E-state index >= 15 is 0 Å². The van der Waals surface area contributed by atoms with Crippen molar-refractivity contribution in [3.8, 4) is 0 Å². The van der Waals surface area contributed by atoms with E-state index in [9.17, 15) is 0 Å². The predicted octanol–water partition coefficient (Wildman–Crippen LogP) is 2.25. The second kappa shape index (κ2) is 2.12. The van der Waals surface area contributed by atoms with Gasteiger partial charge in [-0.25, -0.2) is 0 Å². The number of hydrogen-bond acceptors (Lipinski definition) is 2. The summed E-state index contributed by atoms with van der Waals surface area (Å²) in [6.45, 7) is 8.30. The lowest BCUT2D eigenvalue weighted by atomic mass is 9.99. The summed E-state index contributed by atoms with van der Waals surface area (Å²) in [5.74, 6) is -0.452. The standard InChI is InChI=1S/C10H16O2/c1-7-5-9(3)6-8(2)11-10(7,4)12-9/h5,8H,6H2,1-4H3/t8-,9+,10-/m0/s1. The first-order chi connectivity index (χ1) is 5.44. The van der Waals surface area contributed by atoms with Crippen molar-refractivity contribution in [3.05, 3.63) is 11.6 Å². The van der Waals surface area contributed by atoms with Crippen LogP contribution in [0.5, 0.6) is 0 Å². The van der Waals surface area contributed by atoms with Crippen LogP contribution in [0.25, 0.3) is 0 Å². The Labute approximate surface area is 73.5 Å². The molecular weight excluding hydrogens is 152 g/mol. The van der Waals surface area contributed by atoms with Gasteiger partial charge in [-0.1, -0.05) is 0 Å². The van der Waals surface area contributed by atoms with Crippen molar-refractivity contribution < 1.29 is 9.47 Å². The van der Waals surface area contributed by atoms with E-state index in [1.807, 2.05) is 6.92 Å². The van der Waals surface area contributed by atoms with Crippen molar-refractivity contribution in [2.45, 2.75) is 51.6 Å². The Bertz CT molecular complexity index is 246. The zero-order valence-corrected chi connectivity index (χ0v) is 8.18. The molecular formula is C10H16O2. The zero-order valence-electron chi connectivity index (χ0n) is 8.18. The summed E-state index contributed by atoms with van der Waals surface area (Å²) in [5.41, 5.74) is 1.12. The molecule has 0 spiro atoms. The monoisotopic (exact) mass is 168 g/mol. The lowest BCUT2D eigenvalue weighted by Crippen LogP contribution is -2.46. The Morgan fingerprint density at radius 3 is 2.75 bits per heavy atom. The van der Waals surface area contributed by atoms with Crippen LogP contribution >= 0.6 is 0 Å². The van der Waals surface area contributed by atoms with Crippen molar-refractivity contribution >= 4 is 0 Å². The van der Waals surface area contributed by atoms with E-state index < -0.39 is 5.79 Å². The quantitative estimate of drug-likeness (QED) is 0.516. The van der Waals surface area contributed by atoms with Gasteiger partial charge in [-0.3, -0.25) is 0 Å². The van der Waals surface area contributed by atoms with Gasteiger partial charge in [-0.2, -0.15) is 0 Å². The van der Waals surface area contributed by atoms with Crippen LogP contribution in [-0.4, -0.2) is 17.5 Å². The Hall–Kier alpha value is -0.340. The predicted molar refractivity (Wildman–Crippen MR) is 46.8 cm³/mol. The molecule has 2 rings (SSSR count). The van der Waals surface area contributed by atoms with Crippen LogP contribution in [0.15, 0.2) is 11.6 Å². The smallest absolute Gasteiger partial charge is 0.189 e. The molecule has 2 aliphatic heterocycles. The summed E-state index contributed by atoms with van der Waals surface area (Å²) in [6.07, 6.45) is 3.44. The van der Waals surface area contributed by atoms with Gasteiger partial charge in [0, 0.05) is 6.42 Å². The summed E-state index contributed by atoms with van der Waals surface area (Å²) in [4.78, 5) is 0. The van der Waals surface area contributed by atoms with E-state index in [4.69, 9.17) is 9.47 Å². The molecule has 2 heterocycles. The first-order valence-electron chi connectivity index (χ1n) is 4.51. The highest BCUT2D eigenvalue weighted by atomic mass is 16.7. The average Bonchev–Trinajstić information content (AvgIpc) is 1.96. The lowest BCUT2D eigenvalue weighted by molar-refractivity contribution is -0.288. The van der Waals surface area contributed by atoms with E-state index in [-0.39, 0.29) is 5.60 Å². The maximum Gasteiger partial charge on any atom is 0.189 e. The molecule has 0 unspecified atom stereocenters. The van der Waals surface area contributed by atoms with Gasteiger partial charge in [-0.05, 0) is 39.3 Å². The average molecular weight is 168 g/mol. The Kier molecular flexibility index (Phi) is 1.46. The highest BCUT2D eigenvalue weighted by Crippen LogP contribution is 2.45. The molecule has 0 amide bonds. The summed E-state index contributed by atoms with van der Waals surface area (Å²) in [7, 11) is 0. The minimum atomic E-state index is -0.452. The van der Waals surface area contributed by atoms with Crippen LogP contribution < -0.4 is 0 Å². The fraction of sp³-hybridized carbons (Fsp3) is 0.800. The summed E-state index contributed by atoms with van der Waals surface area (Å²) in [6, 6.07) is 0. The third-order valence-corrected chi connectivity index (χ3v) is 2.78. The molecule has 2 aliphatic rings. The second-order valence-electron chi connectivity index (χ2n) is 4.32. The Morgan fingerprint density at radius 1 is 1.50 bits per heavy atom. The minimum absolute atomic E-state index is 0.0868. The van der Waals surface area contributed by atoms with Crippen molar-refractivity contribution in [1.82, 2.24) is 0 Å². The molecule has 0 aromatic rings. The first kappa shape index (κ1) is 8.27. The number of ether oxygens (including phenoxy) is 2. The van der Waals surface area contributed by atoms with Gasteiger partial charge < -0.3 is 9.47 Å². The van der Waals surface area contributed by atoms with E-state index in [0.717, 1.165) is 6.42 Å². The normalized spacial score (nSPS) is 52.3. The third-order valence-electron chi connectivity index (χ3n) is 2.78. The largest absolute Gasteiger partial charge is 0.343 e. The highest BCUT2D eigenvalue weighted by Gasteiger charge is 2.49. The van der Waals surface area contributed by atoms with Gasteiger partial charge in [-0.15, -0.1) is 0 Å². The molecule has 0 aliphatic carbocycles. The number of hydrogen-bond donors (Lipinski definition) is 0. The molecule has 3 atom stereocenters. The minimum Gasteiger partial charge on any atom is -0.343 e. The van der Waals surface area contributed by atoms with Crippen molar-refractivity contribution in [2.24, 2.45) is 0 Å². The fourth-order valence-electron chi connectivity index (χ4n) is 2.36. The van der Waals surface area contributed by atoms with Gasteiger partial charge in [0.2, 0.25) is 0 Å². The molecule has 0 aromatic heterocycles. The van der Waals surface area contributed by atoms with Gasteiger partial charge in [0.25, 0.3) is 0 Å². The summed E-state index contributed by atoms with van der Waals surface area (Å²) in [5, 5.41) is 0. The fourth-order valence-corrected chi connectivity index (χ4v) is 2.36. The molecule has 0 aromatic carbocycles. The number of fused-ring (bicyclic) bond motifs is 2. The summed E-state index contributed by atoms with van der Waals surface area (Å²) < 4.78 is 11.6. The topological polar surface area (TPSA) is 18.5 Å². The van der Waals surface area contributed by atoms with E-state index in [0.29, 0.717) is 6.10 Å². The zero-order chi connectivity index (χ0) is 8.98. The maximum atomic E-state index is 5.84. The van der Waals surface area contributed by atoms with Crippen LogP contribution in [0.4, 0.5) is 0 Å². The Morgan fingerprint density at radius 2 is 2.17 bits per heavy atom. The van der Waals surface area contributed by atoms with Crippen molar-refractivity contribution in [1.29, 1.82) is 0 Å². The second-order valence-corrected chi connectivity index (χ2v) is 4.32. The maximum absolute atomic E-state index is 5.84. The molecule has 0 saturated carbocycles. The number of rotatable bonds is 0. The van der Waals surface area contributed by atoms with E-state index in [1.165, 1.54) is 5.57 Å². The van der Waals surface area contributed by atoms with Crippen LogP contribution in [-0.2, 0) is 9.47 Å². The van der Waals surface area contributed by atoms with Gasteiger partial charge in [0.1, 0.15) is 0 Å². The van der Waals surface area contributed by atoms with E-state index in [2.05, 4.69) is 26.8 Å². The Balaban J connectivity index is 2.36. The molecule has 2 heteroatoms. The van der Waals surface area contributed by atoms with Gasteiger partial charge in [0.05, 0.1) is 11.7 Å². The molecule has 0 N–H and O–H groups in total. The molecule has 1 saturated heterocycles. The summed E-state index contributed by atoms with van der Waals surface area (Å²) >= 11 is 0. The SMILES string of the molecule is CC1=C[C@]2(C)C[C@H](C)O[C@@]1(C)O2. The molecule has 1 fully saturated rings. The molecule has 12 heavy (non-hydrogen) atoms. The van der Waals surface area contributed by atoms with Gasteiger partial charge in [0.15, 0.2) is 5.79 Å². The highest BCUT2D eigenvalue weighted by molar-refractivity contribution is 5.24. The van der Waals surface area contributed by atoms with Crippen molar-refractivity contribution in [3.63, 3.8) is 0 Å².